The second-order valence-corrected chi connectivity index (χ2v) is 8.63. The van der Waals surface area contributed by atoms with Crippen molar-refractivity contribution in [3.8, 4) is 82.9 Å². The molecule has 0 amide bonds. The van der Waals surface area contributed by atoms with Crippen LogP contribution in [0, 0.1) is 82.9 Å². The molecule has 1 atom stereocenters. The monoisotopic (exact) mass is 594 g/mol. The summed E-state index contributed by atoms with van der Waals surface area (Å²) in [6.45, 7) is 2.97. The molecule has 0 bridgehead atoms. The van der Waals surface area contributed by atoms with E-state index >= 15 is 0 Å². The van der Waals surface area contributed by atoms with Crippen LogP contribution < -0.4 is 68.9 Å². The molecule has 0 aromatic rings. The quantitative estimate of drug-likeness (QED) is 0.0360. The van der Waals surface area contributed by atoms with E-state index in [9.17, 15) is 23.9 Å². The van der Waals surface area contributed by atoms with Gasteiger partial charge in [-0.3, -0.25) is 4.79 Å². The Morgan fingerprint density at radius 3 is 1.61 bits per heavy atom. The Bertz CT molecular complexity index is 1290. The van der Waals surface area contributed by atoms with Gasteiger partial charge in [-0.25, -0.2) is 4.79 Å². The molecule has 0 N–H and O–H groups in total. The molecule has 0 saturated heterocycles. The van der Waals surface area contributed by atoms with Crippen molar-refractivity contribution >= 4 is 19.8 Å². The zero-order valence-corrected chi connectivity index (χ0v) is 29.0. The Balaban J connectivity index is -0.00000722. The molecular formula is C30H29Na2O8P. The average molecular weight is 595 g/mol. The summed E-state index contributed by atoms with van der Waals surface area (Å²) in [5.41, 5.74) is 0. The first-order chi connectivity index (χ1) is 18.8. The van der Waals surface area contributed by atoms with Gasteiger partial charge in [0.25, 0.3) is 0 Å². The van der Waals surface area contributed by atoms with Crippen LogP contribution in [0.15, 0.2) is 0 Å². The van der Waals surface area contributed by atoms with Crippen LogP contribution in [0.1, 0.15) is 78.1 Å². The van der Waals surface area contributed by atoms with E-state index in [1.165, 1.54) is 25.7 Å². The first-order valence-corrected chi connectivity index (χ1v) is 13.7. The molecule has 0 rings (SSSR count). The van der Waals surface area contributed by atoms with Crippen LogP contribution in [-0.4, -0.2) is 24.8 Å². The fourth-order valence-corrected chi connectivity index (χ4v) is 3.04. The van der Waals surface area contributed by atoms with Crippen LogP contribution in [0.5, 0.6) is 0 Å². The molecule has 0 saturated carbocycles. The number of unbranched alkanes of at least 4 members (excludes halogenated alkanes) is 8. The topological polar surface area (TPSA) is 125 Å². The first kappa shape index (κ1) is 43.4. The van der Waals surface area contributed by atoms with Crippen molar-refractivity contribution in [3.05, 3.63) is 0 Å². The summed E-state index contributed by atoms with van der Waals surface area (Å²) in [5.74, 6) is 31.4. The minimum atomic E-state index is -5.52. The van der Waals surface area contributed by atoms with Gasteiger partial charge in [0.2, 0.25) is 6.29 Å². The summed E-state index contributed by atoms with van der Waals surface area (Å²) >= 11 is 0. The third-order valence-corrected chi connectivity index (χ3v) is 4.81. The number of esters is 2. The maximum absolute atomic E-state index is 12.0. The Morgan fingerprint density at radius 2 is 1.15 bits per heavy atom. The molecule has 0 aliphatic rings. The van der Waals surface area contributed by atoms with Crippen molar-refractivity contribution in [2.24, 2.45) is 0 Å². The number of phosphoric ester groups is 1. The van der Waals surface area contributed by atoms with Crippen LogP contribution in [0.2, 0.25) is 0 Å². The number of carbonyl (C=O) groups excluding carboxylic acids is 2. The maximum Gasteiger partial charge on any atom is 1.00 e. The van der Waals surface area contributed by atoms with Crippen molar-refractivity contribution in [1.29, 1.82) is 0 Å². The van der Waals surface area contributed by atoms with Crippen molar-refractivity contribution in [2.45, 2.75) is 84.3 Å². The number of hydrogen-bond acceptors (Lipinski definition) is 8. The van der Waals surface area contributed by atoms with Gasteiger partial charge in [-0.2, -0.15) is 0 Å². The van der Waals surface area contributed by atoms with Gasteiger partial charge in [0, 0.05) is 12.3 Å². The van der Waals surface area contributed by atoms with Crippen molar-refractivity contribution in [1.82, 2.24) is 0 Å². The largest absolute Gasteiger partial charge is 1.00 e. The molecule has 11 heteroatoms. The van der Waals surface area contributed by atoms with E-state index in [4.69, 9.17) is 4.74 Å². The number of ether oxygens (including phenoxy) is 2. The molecule has 204 valence electrons. The smallest absolute Gasteiger partial charge is 0.790 e. The van der Waals surface area contributed by atoms with Crippen molar-refractivity contribution in [2.75, 3.05) is 6.61 Å². The van der Waals surface area contributed by atoms with Gasteiger partial charge < -0.3 is 28.3 Å². The molecule has 0 aromatic heterocycles. The van der Waals surface area contributed by atoms with E-state index in [1.54, 1.807) is 6.92 Å². The average Bonchev–Trinajstić information content (AvgIpc) is 2.88. The Hall–Kier alpha value is -2.03. The summed E-state index contributed by atoms with van der Waals surface area (Å²) in [6, 6.07) is 0. The van der Waals surface area contributed by atoms with Gasteiger partial charge in [0.1, 0.15) is 0 Å². The van der Waals surface area contributed by atoms with Gasteiger partial charge in [-0.05, 0) is 84.4 Å². The normalized spacial score (nSPS) is 9.07. The molecule has 0 spiro atoms. The van der Waals surface area contributed by atoms with E-state index in [0.29, 0.717) is 6.42 Å². The second-order valence-electron chi connectivity index (χ2n) is 7.52. The fourth-order valence-electron chi connectivity index (χ4n) is 2.65. The minimum Gasteiger partial charge on any atom is -0.790 e. The maximum atomic E-state index is 12.0. The van der Waals surface area contributed by atoms with E-state index in [1.807, 2.05) is 5.92 Å². The Morgan fingerprint density at radius 1 is 0.707 bits per heavy atom. The van der Waals surface area contributed by atoms with Crippen LogP contribution >= 0.6 is 7.82 Å². The molecule has 0 fully saturated rings. The third-order valence-electron chi connectivity index (χ3n) is 4.32. The predicted octanol–water partition coefficient (Wildman–Crippen LogP) is -3.78. The molecule has 0 aromatic carbocycles. The minimum absolute atomic E-state index is 0. The Kier molecular flexibility index (Phi) is 32.7. The van der Waals surface area contributed by atoms with Crippen LogP contribution in [0.25, 0.3) is 0 Å². The molecule has 0 aliphatic carbocycles. The summed E-state index contributed by atoms with van der Waals surface area (Å²) < 4.78 is 24.6. The fraction of sp³-hybridized carbons (Fsp3) is 0.467. The summed E-state index contributed by atoms with van der Waals surface area (Å²) in [5, 5.41) is 0. The van der Waals surface area contributed by atoms with Gasteiger partial charge in [-0.1, -0.05) is 64.2 Å². The van der Waals surface area contributed by atoms with Crippen molar-refractivity contribution in [3.63, 3.8) is 0 Å². The molecule has 0 aliphatic heterocycles. The van der Waals surface area contributed by atoms with E-state index < -0.39 is 32.7 Å². The molecule has 0 heterocycles. The molecule has 41 heavy (non-hydrogen) atoms. The van der Waals surface area contributed by atoms with Gasteiger partial charge in [-0.15, -0.1) is 0 Å². The SMILES string of the molecule is CC#CC#CC#CC#CC#CC#CC#CC(=O)OC[C@H](OC(=O)CCCCCCCCCCC)OP(=O)([O-])[O-].[Na+].[Na+]. The summed E-state index contributed by atoms with van der Waals surface area (Å²) in [4.78, 5) is 45.5. The molecule has 0 unspecified atom stereocenters. The number of hydrogen-bond donors (Lipinski definition) is 0. The number of rotatable bonds is 15. The van der Waals surface area contributed by atoms with Crippen LogP contribution in [0.4, 0.5) is 0 Å². The zero-order chi connectivity index (χ0) is 29.0. The van der Waals surface area contributed by atoms with Crippen LogP contribution in [0.3, 0.4) is 0 Å². The summed E-state index contributed by atoms with van der Waals surface area (Å²) in [7, 11) is -5.52. The van der Waals surface area contributed by atoms with Gasteiger partial charge in [0.05, 0.1) is 7.82 Å². The van der Waals surface area contributed by atoms with Crippen molar-refractivity contribution < 1.29 is 97.1 Å². The molecule has 8 nitrogen and oxygen atoms in total. The van der Waals surface area contributed by atoms with Crippen LogP contribution in [-0.2, 0) is 28.2 Å². The van der Waals surface area contributed by atoms with Gasteiger partial charge in [0.15, 0.2) is 6.61 Å². The molecule has 0 radical (unpaired) electrons. The van der Waals surface area contributed by atoms with E-state index in [0.717, 1.165) is 25.7 Å². The summed E-state index contributed by atoms with van der Waals surface area (Å²) in [6.07, 6.45) is 7.46. The first-order valence-electron chi connectivity index (χ1n) is 12.3. The number of phosphoric acid groups is 1. The van der Waals surface area contributed by atoms with E-state index in [-0.39, 0.29) is 65.5 Å². The molecular weight excluding hydrogens is 565 g/mol. The zero-order valence-electron chi connectivity index (χ0n) is 24.1. The Labute approximate surface area is 288 Å². The standard InChI is InChI=1S/C30H31O8P.2Na/c1-3-5-7-9-11-13-14-15-16-18-19-21-23-25-28(31)36-27-30(38-39(33,34)35)37-29(32)26-24-22-20-17-12-10-8-6-4-2;;/h30H,4,6,8,10,12,17,20,22,24,26-27H2,1-2H3,(H2,33,34,35);;/q;2*+1/p-2/t30-;;/m1../s1. The van der Waals surface area contributed by atoms with E-state index in [2.05, 4.69) is 93.1 Å². The third kappa shape index (κ3) is 34.1. The second kappa shape index (κ2) is 30.9. The predicted molar refractivity (Wildman–Crippen MR) is 141 cm³/mol. The van der Waals surface area contributed by atoms with Gasteiger partial charge >= 0.3 is 71.1 Å². The number of carbonyl (C=O) groups is 2.